The van der Waals surface area contributed by atoms with Gasteiger partial charge in [0.25, 0.3) is 5.56 Å². The minimum atomic E-state index is -0.160. The van der Waals surface area contributed by atoms with E-state index in [0.29, 0.717) is 18.9 Å². The van der Waals surface area contributed by atoms with Crippen LogP contribution >= 0.6 is 0 Å². The van der Waals surface area contributed by atoms with Gasteiger partial charge in [-0.1, -0.05) is 30.3 Å². The molecular weight excluding hydrogens is 354 g/mol. The minimum Gasteiger partial charge on any atom is -0.497 e. The van der Waals surface area contributed by atoms with E-state index in [1.165, 1.54) is 10.7 Å². The molecule has 0 aliphatic carbocycles. The summed E-state index contributed by atoms with van der Waals surface area (Å²) < 4.78 is 12.6. The summed E-state index contributed by atoms with van der Waals surface area (Å²) in [6.07, 6.45) is 1.69. The summed E-state index contributed by atoms with van der Waals surface area (Å²) in [5, 5.41) is 5.34. The molecule has 0 unspecified atom stereocenters. The van der Waals surface area contributed by atoms with Gasteiger partial charge in [-0.3, -0.25) is 9.78 Å². The summed E-state index contributed by atoms with van der Waals surface area (Å²) in [5.74, 6) is 1.45. The normalized spacial score (nSPS) is 10.8. The molecule has 0 aliphatic heterocycles. The highest BCUT2D eigenvalue weighted by atomic mass is 16.5. The summed E-state index contributed by atoms with van der Waals surface area (Å²) in [7, 11) is 1.62. The van der Waals surface area contributed by atoms with E-state index in [0.717, 1.165) is 27.9 Å². The monoisotopic (exact) mass is 373 g/mol. The summed E-state index contributed by atoms with van der Waals surface area (Å²) in [6, 6.07) is 20.5. The zero-order valence-corrected chi connectivity index (χ0v) is 15.4. The number of rotatable bonds is 6. The molecule has 0 N–H and O–H groups in total. The van der Waals surface area contributed by atoms with Crippen molar-refractivity contribution in [3.63, 3.8) is 0 Å². The van der Waals surface area contributed by atoms with Crippen molar-refractivity contribution in [3.8, 4) is 22.8 Å². The average Bonchev–Trinajstić information content (AvgIpc) is 2.75. The van der Waals surface area contributed by atoms with Gasteiger partial charge >= 0.3 is 0 Å². The van der Waals surface area contributed by atoms with Gasteiger partial charge < -0.3 is 9.47 Å². The Balaban J connectivity index is 1.51. The second kappa shape index (κ2) is 7.92. The van der Waals surface area contributed by atoms with Gasteiger partial charge in [-0.05, 0) is 24.3 Å². The van der Waals surface area contributed by atoms with E-state index < -0.39 is 0 Å². The number of aromatic nitrogens is 3. The number of pyridine rings is 1. The van der Waals surface area contributed by atoms with Crippen molar-refractivity contribution in [1.82, 2.24) is 14.8 Å². The summed E-state index contributed by atoms with van der Waals surface area (Å²) in [6.45, 7) is 0.662. The zero-order chi connectivity index (χ0) is 19.3. The number of hydrogen-bond donors (Lipinski definition) is 0. The Morgan fingerprint density at radius 3 is 2.68 bits per heavy atom. The van der Waals surface area contributed by atoms with Gasteiger partial charge in [0.2, 0.25) is 0 Å². The van der Waals surface area contributed by atoms with Gasteiger partial charge in [-0.15, -0.1) is 0 Å². The van der Waals surface area contributed by atoms with Crippen LogP contribution in [0.3, 0.4) is 0 Å². The molecule has 0 fully saturated rings. The average molecular weight is 373 g/mol. The quantitative estimate of drug-likeness (QED) is 0.517. The maximum atomic E-state index is 12.1. The Labute approximate surface area is 162 Å². The number of nitrogens with zero attached hydrogens (tertiary/aromatic N) is 3. The molecule has 0 saturated carbocycles. The second-order valence-electron chi connectivity index (χ2n) is 6.19. The van der Waals surface area contributed by atoms with Crippen LogP contribution in [0.2, 0.25) is 0 Å². The summed E-state index contributed by atoms with van der Waals surface area (Å²) >= 11 is 0. The van der Waals surface area contributed by atoms with E-state index in [1.807, 2.05) is 54.6 Å². The fraction of sp³-hybridized carbons (Fsp3) is 0.136. The third kappa shape index (κ3) is 3.71. The van der Waals surface area contributed by atoms with Gasteiger partial charge in [-0.2, -0.15) is 5.10 Å². The van der Waals surface area contributed by atoms with Gasteiger partial charge in [-0.25, -0.2) is 4.68 Å². The lowest BCUT2D eigenvalue weighted by atomic mass is 10.1. The fourth-order valence-electron chi connectivity index (χ4n) is 2.97. The third-order valence-corrected chi connectivity index (χ3v) is 4.41. The Morgan fingerprint density at radius 1 is 1.00 bits per heavy atom. The third-order valence-electron chi connectivity index (χ3n) is 4.41. The lowest BCUT2D eigenvalue weighted by molar-refractivity contribution is 0.291. The van der Waals surface area contributed by atoms with Crippen molar-refractivity contribution in [2.24, 2.45) is 0 Å². The topological polar surface area (TPSA) is 66.2 Å². The zero-order valence-electron chi connectivity index (χ0n) is 15.4. The van der Waals surface area contributed by atoms with Gasteiger partial charge in [0.15, 0.2) is 0 Å². The van der Waals surface area contributed by atoms with Crippen LogP contribution in [0.25, 0.3) is 22.2 Å². The SMILES string of the molecule is COc1ccc2c(OCCn3nc(-c4ccccc4)ccc3=O)ccnc2c1. The number of hydrogen-bond acceptors (Lipinski definition) is 5. The van der Waals surface area contributed by atoms with Crippen molar-refractivity contribution in [2.75, 3.05) is 13.7 Å². The van der Waals surface area contributed by atoms with Crippen molar-refractivity contribution < 1.29 is 9.47 Å². The van der Waals surface area contributed by atoms with Gasteiger partial charge in [0.1, 0.15) is 18.1 Å². The molecular formula is C22H19N3O3. The van der Waals surface area contributed by atoms with Crippen molar-refractivity contribution in [2.45, 2.75) is 6.54 Å². The Bertz CT molecular complexity index is 1160. The van der Waals surface area contributed by atoms with Gasteiger partial charge in [0.05, 0.1) is 24.9 Å². The molecule has 0 aliphatic rings. The first-order chi connectivity index (χ1) is 13.7. The molecule has 2 aromatic carbocycles. The molecule has 6 heteroatoms. The Hall–Kier alpha value is -3.67. The molecule has 140 valence electrons. The molecule has 6 nitrogen and oxygen atoms in total. The van der Waals surface area contributed by atoms with E-state index in [4.69, 9.17) is 9.47 Å². The van der Waals surface area contributed by atoms with Crippen LogP contribution in [0.15, 0.2) is 77.7 Å². The van der Waals surface area contributed by atoms with E-state index in [1.54, 1.807) is 19.4 Å². The Morgan fingerprint density at radius 2 is 1.86 bits per heavy atom. The van der Waals surface area contributed by atoms with Crippen molar-refractivity contribution >= 4 is 10.9 Å². The molecule has 0 spiro atoms. The molecule has 4 aromatic rings. The molecule has 4 rings (SSSR count). The van der Waals surface area contributed by atoms with Crippen LogP contribution in [0, 0.1) is 0 Å². The lowest BCUT2D eigenvalue weighted by Crippen LogP contribution is -2.25. The molecule has 0 saturated heterocycles. The molecule has 0 amide bonds. The maximum absolute atomic E-state index is 12.1. The number of benzene rings is 2. The minimum absolute atomic E-state index is 0.160. The second-order valence-corrected chi connectivity index (χ2v) is 6.19. The maximum Gasteiger partial charge on any atom is 0.266 e. The van der Waals surface area contributed by atoms with Crippen molar-refractivity contribution in [1.29, 1.82) is 0 Å². The summed E-state index contributed by atoms with van der Waals surface area (Å²) in [4.78, 5) is 16.5. The molecule has 28 heavy (non-hydrogen) atoms. The molecule has 0 bridgehead atoms. The predicted octanol–water partition coefficient (Wildman–Crippen LogP) is 3.55. The number of methoxy groups -OCH3 is 1. The smallest absolute Gasteiger partial charge is 0.266 e. The fourth-order valence-corrected chi connectivity index (χ4v) is 2.97. The van der Waals surface area contributed by atoms with Crippen LogP contribution < -0.4 is 15.0 Å². The van der Waals surface area contributed by atoms with Crippen LogP contribution in [-0.4, -0.2) is 28.5 Å². The lowest BCUT2D eigenvalue weighted by Gasteiger charge is -2.11. The molecule has 2 aromatic heterocycles. The Kier molecular flexibility index (Phi) is 5.01. The first kappa shape index (κ1) is 17.7. The number of ether oxygens (including phenoxy) is 2. The first-order valence-corrected chi connectivity index (χ1v) is 8.94. The van der Waals surface area contributed by atoms with E-state index >= 15 is 0 Å². The predicted molar refractivity (Wildman–Crippen MR) is 108 cm³/mol. The molecule has 0 atom stereocenters. The first-order valence-electron chi connectivity index (χ1n) is 8.94. The highest BCUT2D eigenvalue weighted by molar-refractivity contribution is 5.85. The van der Waals surface area contributed by atoms with E-state index in [2.05, 4.69) is 10.1 Å². The van der Waals surface area contributed by atoms with E-state index in [-0.39, 0.29) is 5.56 Å². The molecule has 2 heterocycles. The number of fused-ring (bicyclic) bond motifs is 1. The standard InChI is InChI=1S/C22H19N3O3/c1-27-17-7-8-18-20(15-17)23-12-11-21(18)28-14-13-25-22(26)10-9-19(24-25)16-5-3-2-4-6-16/h2-12,15H,13-14H2,1H3. The summed E-state index contributed by atoms with van der Waals surface area (Å²) in [5.41, 5.74) is 2.35. The van der Waals surface area contributed by atoms with E-state index in [9.17, 15) is 4.79 Å². The highest BCUT2D eigenvalue weighted by Crippen LogP contribution is 2.27. The highest BCUT2D eigenvalue weighted by Gasteiger charge is 2.07. The largest absolute Gasteiger partial charge is 0.497 e. The van der Waals surface area contributed by atoms with Crippen LogP contribution in [0.1, 0.15) is 0 Å². The van der Waals surface area contributed by atoms with Crippen LogP contribution in [-0.2, 0) is 6.54 Å². The molecule has 0 radical (unpaired) electrons. The van der Waals surface area contributed by atoms with Gasteiger partial charge in [0, 0.05) is 29.3 Å². The van der Waals surface area contributed by atoms with Crippen molar-refractivity contribution in [3.05, 3.63) is 83.3 Å². The van der Waals surface area contributed by atoms with Crippen LogP contribution in [0.5, 0.6) is 11.5 Å². The van der Waals surface area contributed by atoms with Crippen LogP contribution in [0.4, 0.5) is 0 Å².